The van der Waals surface area contributed by atoms with Crippen molar-refractivity contribution in [1.29, 1.82) is 0 Å². The minimum atomic E-state index is -0.589. The first-order valence-electron chi connectivity index (χ1n) is 9.58. The fourth-order valence-corrected chi connectivity index (χ4v) is 3.25. The number of benzene rings is 3. The number of thiol groups is 1. The summed E-state index contributed by atoms with van der Waals surface area (Å²) in [6, 6.07) is 19.7. The van der Waals surface area contributed by atoms with E-state index in [1.165, 1.54) is 0 Å². The standard InChI is InChI=1S/C23H23NO5S/c25-20-13-12-19(17-9-4-5-10-18(17)20)21(11-6-14-28-22(26)15-30)29-23(27)24-16-7-2-1-3-8-16/h1-5,7-10,12-13,21,25,30H,6,11,14-15H2,(H,24,27)/t21-/m0/s1. The van der Waals surface area contributed by atoms with E-state index in [2.05, 4.69) is 17.9 Å². The van der Waals surface area contributed by atoms with E-state index in [0.29, 0.717) is 23.9 Å². The van der Waals surface area contributed by atoms with Crippen molar-refractivity contribution in [3.05, 3.63) is 72.3 Å². The molecule has 3 aromatic rings. The van der Waals surface area contributed by atoms with Crippen LogP contribution in [-0.4, -0.2) is 29.5 Å². The second-order valence-corrected chi connectivity index (χ2v) is 6.94. The predicted octanol–water partition coefficient (Wildman–Crippen LogP) is 5.09. The highest BCUT2D eigenvalue weighted by Gasteiger charge is 2.20. The average Bonchev–Trinajstić information content (AvgIpc) is 2.77. The fraction of sp³-hybridized carbons (Fsp3) is 0.217. The third kappa shape index (κ3) is 5.67. The molecule has 0 radical (unpaired) electrons. The van der Waals surface area contributed by atoms with Crippen LogP contribution in [0.1, 0.15) is 24.5 Å². The lowest BCUT2D eigenvalue weighted by molar-refractivity contribution is -0.140. The molecule has 156 valence electrons. The van der Waals surface area contributed by atoms with E-state index in [1.807, 2.05) is 42.5 Å². The molecule has 0 bridgehead atoms. The molecule has 30 heavy (non-hydrogen) atoms. The summed E-state index contributed by atoms with van der Waals surface area (Å²) in [6.07, 6.45) is -0.237. The zero-order valence-electron chi connectivity index (χ0n) is 16.3. The van der Waals surface area contributed by atoms with E-state index >= 15 is 0 Å². The highest BCUT2D eigenvalue weighted by atomic mass is 32.1. The van der Waals surface area contributed by atoms with Crippen LogP contribution in [-0.2, 0) is 14.3 Å². The highest BCUT2D eigenvalue weighted by molar-refractivity contribution is 7.81. The van der Waals surface area contributed by atoms with Crippen molar-refractivity contribution in [3.8, 4) is 5.75 Å². The number of aromatic hydroxyl groups is 1. The van der Waals surface area contributed by atoms with Gasteiger partial charge in [-0.1, -0.05) is 48.5 Å². The summed E-state index contributed by atoms with van der Waals surface area (Å²) >= 11 is 3.88. The predicted molar refractivity (Wildman–Crippen MR) is 119 cm³/mol. The van der Waals surface area contributed by atoms with Gasteiger partial charge in [-0.25, -0.2) is 4.79 Å². The van der Waals surface area contributed by atoms with Crippen LogP contribution < -0.4 is 5.32 Å². The van der Waals surface area contributed by atoms with Crippen LogP contribution in [0.5, 0.6) is 5.75 Å². The van der Waals surface area contributed by atoms with Crippen molar-refractivity contribution in [1.82, 2.24) is 0 Å². The molecule has 0 aliphatic heterocycles. The number of ether oxygens (including phenoxy) is 2. The Bertz CT molecular complexity index is 1010. The first-order chi connectivity index (χ1) is 14.6. The summed E-state index contributed by atoms with van der Waals surface area (Å²) in [5.74, 6) is -0.223. The fourth-order valence-electron chi connectivity index (χ4n) is 3.16. The number of fused-ring (bicyclic) bond motifs is 1. The molecule has 0 aliphatic rings. The summed E-state index contributed by atoms with van der Waals surface area (Å²) in [4.78, 5) is 23.8. The Labute approximate surface area is 180 Å². The Morgan fingerprint density at radius 1 is 0.967 bits per heavy atom. The number of carbonyl (C=O) groups excluding carboxylic acids is 2. The van der Waals surface area contributed by atoms with Crippen LogP contribution in [0.2, 0.25) is 0 Å². The zero-order valence-corrected chi connectivity index (χ0v) is 17.2. The van der Waals surface area contributed by atoms with Gasteiger partial charge in [0, 0.05) is 16.6 Å². The summed E-state index contributed by atoms with van der Waals surface area (Å²) in [5.41, 5.74) is 1.40. The van der Waals surface area contributed by atoms with Gasteiger partial charge in [-0.2, -0.15) is 12.6 Å². The Hall–Kier alpha value is -3.19. The lowest BCUT2D eigenvalue weighted by atomic mass is 9.97. The Morgan fingerprint density at radius 2 is 1.67 bits per heavy atom. The number of para-hydroxylation sites is 1. The van der Waals surface area contributed by atoms with Crippen molar-refractivity contribution in [3.63, 3.8) is 0 Å². The quantitative estimate of drug-likeness (QED) is 0.266. The molecule has 0 fully saturated rings. The van der Waals surface area contributed by atoms with E-state index in [9.17, 15) is 14.7 Å². The van der Waals surface area contributed by atoms with E-state index in [1.54, 1.807) is 24.3 Å². The number of rotatable bonds is 8. The number of amides is 1. The van der Waals surface area contributed by atoms with E-state index in [0.717, 1.165) is 10.9 Å². The first kappa shape index (κ1) is 21.5. The molecule has 0 saturated carbocycles. The monoisotopic (exact) mass is 425 g/mol. The van der Waals surface area contributed by atoms with Gasteiger partial charge in [0.25, 0.3) is 0 Å². The van der Waals surface area contributed by atoms with Crippen molar-refractivity contribution in [2.75, 3.05) is 17.7 Å². The number of phenols is 1. The summed E-state index contributed by atoms with van der Waals surface area (Å²) < 4.78 is 10.8. The number of hydrogen-bond donors (Lipinski definition) is 3. The van der Waals surface area contributed by atoms with Gasteiger partial charge in [0.1, 0.15) is 11.9 Å². The molecular weight excluding hydrogens is 402 g/mol. The largest absolute Gasteiger partial charge is 0.507 e. The lowest BCUT2D eigenvalue weighted by Gasteiger charge is -2.21. The minimum Gasteiger partial charge on any atom is -0.507 e. The van der Waals surface area contributed by atoms with Crippen molar-refractivity contribution in [2.45, 2.75) is 18.9 Å². The molecule has 3 rings (SSSR count). The summed E-state index contributed by atoms with van der Waals surface area (Å²) in [6.45, 7) is 0.204. The molecule has 7 heteroatoms. The third-order valence-corrected chi connectivity index (χ3v) is 4.81. The molecule has 0 aromatic heterocycles. The lowest BCUT2D eigenvalue weighted by Crippen LogP contribution is -2.18. The van der Waals surface area contributed by atoms with Gasteiger partial charge in [0.2, 0.25) is 0 Å². The third-order valence-electron chi connectivity index (χ3n) is 4.55. The van der Waals surface area contributed by atoms with Crippen LogP contribution in [0.4, 0.5) is 10.5 Å². The molecule has 0 spiro atoms. The SMILES string of the molecule is O=C(CS)OCCC[C@H](OC(=O)Nc1ccccc1)c1ccc(O)c2ccccc12. The Kier molecular flexibility index (Phi) is 7.57. The molecule has 0 heterocycles. The van der Waals surface area contributed by atoms with Crippen LogP contribution in [0.3, 0.4) is 0 Å². The molecular formula is C23H23NO5S. The van der Waals surface area contributed by atoms with E-state index in [4.69, 9.17) is 9.47 Å². The smallest absolute Gasteiger partial charge is 0.412 e. The number of hydrogen-bond acceptors (Lipinski definition) is 6. The van der Waals surface area contributed by atoms with Crippen LogP contribution >= 0.6 is 12.6 Å². The van der Waals surface area contributed by atoms with Gasteiger partial charge in [0.15, 0.2) is 0 Å². The Balaban J connectivity index is 1.80. The van der Waals surface area contributed by atoms with Crippen molar-refractivity contribution < 1.29 is 24.2 Å². The topological polar surface area (TPSA) is 84.9 Å². The van der Waals surface area contributed by atoms with Gasteiger partial charge < -0.3 is 14.6 Å². The van der Waals surface area contributed by atoms with Gasteiger partial charge in [-0.3, -0.25) is 10.1 Å². The molecule has 3 aromatic carbocycles. The molecule has 1 atom stereocenters. The second kappa shape index (κ2) is 10.5. The van der Waals surface area contributed by atoms with Gasteiger partial charge >= 0.3 is 12.1 Å². The maximum absolute atomic E-state index is 12.5. The van der Waals surface area contributed by atoms with Gasteiger partial charge in [0.05, 0.1) is 12.4 Å². The normalized spacial score (nSPS) is 11.6. The first-order valence-corrected chi connectivity index (χ1v) is 10.2. The van der Waals surface area contributed by atoms with Crippen LogP contribution in [0.25, 0.3) is 10.8 Å². The summed E-state index contributed by atoms with van der Waals surface area (Å²) in [5, 5.41) is 14.4. The number of nitrogens with one attached hydrogen (secondary N) is 1. The molecule has 0 unspecified atom stereocenters. The molecule has 1 amide bonds. The Morgan fingerprint density at radius 3 is 2.40 bits per heavy atom. The average molecular weight is 426 g/mol. The van der Waals surface area contributed by atoms with Crippen molar-refractivity contribution in [2.24, 2.45) is 0 Å². The highest BCUT2D eigenvalue weighted by Crippen LogP contribution is 2.34. The minimum absolute atomic E-state index is 0.0159. The number of carbonyl (C=O) groups is 2. The molecule has 0 saturated heterocycles. The van der Waals surface area contributed by atoms with Gasteiger partial charge in [-0.15, -0.1) is 0 Å². The second-order valence-electron chi connectivity index (χ2n) is 6.63. The van der Waals surface area contributed by atoms with Crippen molar-refractivity contribution >= 4 is 41.2 Å². The summed E-state index contributed by atoms with van der Waals surface area (Å²) in [7, 11) is 0. The number of phenolic OH excluding ortho intramolecular Hbond substituents is 1. The maximum atomic E-state index is 12.5. The maximum Gasteiger partial charge on any atom is 0.412 e. The number of anilines is 1. The zero-order chi connectivity index (χ0) is 21.3. The van der Waals surface area contributed by atoms with Gasteiger partial charge in [-0.05, 0) is 36.4 Å². The number of esters is 1. The van der Waals surface area contributed by atoms with Crippen LogP contribution in [0.15, 0.2) is 66.7 Å². The molecule has 0 aliphatic carbocycles. The van der Waals surface area contributed by atoms with E-state index in [-0.39, 0.29) is 18.1 Å². The molecule has 6 nitrogen and oxygen atoms in total. The molecule has 2 N–H and O–H groups in total. The van der Waals surface area contributed by atoms with E-state index < -0.39 is 18.2 Å². The van der Waals surface area contributed by atoms with Crippen LogP contribution in [0, 0.1) is 0 Å².